The lowest BCUT2D eigenvalue weighted by molar-refractivity contribution is -0.661. The number of hydrogen-bond acceptors (Lipinski definition) is 3. The number of methoxy groups -OCH3 is 1. The SMILES string of the molecule is CCc1ccc(N2CC(O)(c3ccc(OC)cc3)[N+]3=C2CCCC3)cc1. The van der Waals surface area contributed by atoms with Crippen LogP contribution in [0.3, 0.4) is 0 Å². The largest absolute Gasteiger partial charge is 0.497 e. The summed E-state index contributed by atoms with van der Waals surface area (Å²) in [5, 5.41) is 11.7. The number of aryl methyl sites for hydroxylation is 1. The summed E-state index contributed by atoms with van der Waals surface area (Å²) in [5.74, 6) is 2.05. The van der Waals surface area contributed by atoms with Gasteiger partial charge in [0, 0.05) is 12.0 Å². The van der Waals surface area contributed by atoms with Crippen molar-refractivity contribution in [2.24, 2.45) is 0 Å². The van der Waals surface area contributed by atoms with Crippen LogP contribution in [0.1, 0.15) is 37.3 Å². The van der Waals surface area contributed by atoms with Crippen molar-refractivity contribution in [1.29, 1.82) is 0 Å². The second-order valence-electron chi connectivity index (χ2n) is 7.18. The summed E-state index contributed by atoms with van der Waals surface area (Å²) < 4.78 is 7.47. The van der Waals surface area contributed by atoms with Crippen molar-refractivity contribution in [2.75, 3.05) is 25.1 Å². The number of anilines is 1. The lowest BCUT2D eigenvalue weighted by Crippen LogP contribution is -2.41. The van der Waals surface area contributed by atoms with Gasteiger partial charge in [0.1, 0.15) is 11.4 Å². The van der Waals surface area contributed by atoms with Gasteiger partial charge in [-0.1, -0.05) is 19.1 Å². The van der Waals surface area contributed by atoms with Crippen molar-refractivity contribution in [3.8, 4) is 5.75 Å². The lowest BCUT2D eigenvalue weighted by atomic mass is 10.0. The maximum absolute atomic E-state index is 11.7. The van der Waals surface area contributed by atoms with E-state index in [4.69, 9.17) is 4.74 Å². The molecule has 2 heterocycles. The highest BCUT2D eigenvalue weighted by Gasteiger charge is 2.52. The summed E-state index contributed by atoms with van der Waals surface area (Å²) in [5.41, 5.74) is 2.42. The number of nitrogens with zero attached hydrogens (tertiary/aromatic N) is 2. The van der Waals surface area contributed by atoms with Crippen LogP contribution < -0.4 is 9.64 Å². The number of amidine groups is 1. The Morgan fingerprint density at radius 1 is 1.08 bits per heavy atom. The van der Waals surface area contributed by atoms with Crippen molar-refractivity contribution in [1.82, 2.24) is 0 Å². The molecule has 4 rings (SSSR count). The van der Waals surface area contributed by atoms with Crippen LogP contribution in [0, 0.1) is 0 Å². The molecular formula is C22H27N2O2+. The summed E-state index contributed by atoms with van der Waals surface area (Å²) >= 11 is 0. The molecule has 0 bridgehead atoms. The standard InChI is InChI=1S/C22H27N2O2/c1-3-17-7-11-19(12-8-17)23-16-22(25,24-15-5-4-6-21(23)24)18-9-13-20(26-2)14-10-18/h7-14,25H,3-6,15-16H2,1-2H3/q+1. The third-order valence-corrected chi connectivity index (χ3v) is 5.69. The molecule has 1 atom stereocenters. The van der Waals surface area contributed by atoms with E-state index < -0.39 is 5.72 Å². The average Bonchev–Trinajstić information content (AvgIpc) is 3.02. The maximum Gasteiger partial charge on any atom is 0.271 e. The molecule has 0 saturated heterocycles. The molecule has 2 aliphatic rings. The van der Waals surface area contributed by atoms with Crippen LogP contribution in [0.25, 0.3) is 0 Å². The molecule has 0 spiro atoms. The third kappa shape index (κ3) is 2.78. The first-order chi connectivity index (χ1) is 12.7. The molecule has 26 heavy (non-hydrogen) atoms. The molecule has 4 heteroatoms. The molecule has 2 aromatic rings. The van der Waals surface area contributed by atoms with E-state index in [1.165, 1.54) is 17.8 Å². The van der Waals surface area contributed by atoms with Gasteiger partial charge in [-0.25, -0.2) is 9.48 Å². The third-order valence-electron chi connectivity index (χ3n) is 5.69. The minimum absolute atomic E-state index is 0.556. The van der Waals surface area contributed by atoms with E-state index in [1.807, 2.05) is 24.3 Å². The molecule has 0 fully saturated rings. The highest BCUT2D eigenvalue weighted by Crippen LogP contribution is 2.36. The zero-order valence-corrected chi connectivity index (χ0v) is 15.6. The van der Waals surface area contributed by atoms with Crippen LogP contribution in [-0.2, 0) is 12.1 Å². The van der Waals surface area contributed by atoms with Gasteiger partial charge in [-0.15, -0.1) is 0 Å². The maximum atomic E-state index is 11.7. The van der Waals surface area contributed by atoms with E-state index >= 15 is 0 Å². The highest BCUT2D eigenvalue weighted by atomic mass is 16.5. The number of hydrogen-bond donors (Lipinski definition) is 1. The fraction of sp³-hybridized carbons (Fsp3) is 0.409. The Kier molecular flexibility index (Phi) is 4.45. The normalized spacial score (nSPS) is 22.5. The molecule has 0 aromatic heterocycles. The topological polar surface area (TPSA) is 35.7 Å². The van der Waals surface area contributed by atoms with E-state index in [2.05, 4.69) is 40.7 Å². The quantitative estimate of drug-likeness (QED) is 0.856. The molecule has 136 valence electrons. The second kappa shape index (κ2) is 6.76. The molecule has 0 saturated carbocycles. The van der Waals surface area contributed by atoms with Crippen molar-refractivity contribution in [3.05, 3.63) is 59.7 Å². The van der Waals surface area contributed by atoms with E-state index in [0.717, 1.165) is 42.8 Å². The second-order valence-corrected chi connectivity index (χ2v) is 7.18. The summed E-state index contributed by atoms with van der Waals surface area (Å²) in [4.78, 5) is 2.29. The lowest BCUT2D eigenvalue weighted by Gasteiger charge is -2.24. The predicted octanol–water partition coefficient (Wildman–Crippen LogP) is 3.52. The fourth-order valence-corrected chi connectivity index (χ4v) is 4.15. The van der Waals surface area contributed by atoms with E-state index in [0.29, 0.717) is 6.54 Å². The molecule has 2 aromatic carbocycles. The number of aliphatic hydroxyl groups is 1. The van der Waals surface area contributed by atoms with Crippen molar-refractivity contribution in [2.45, 2.75) is 38.3 Å². The van der Waals surface area contributed by atoms with Gasteiger partial charge >= 0.3 is 0 Å². The first-order valence-corrected chi connectivity index (χ1v) is 9.52. The Hall–Kier alpha value is -2.33. The van der Waals surface area contributed by atoms with Crippen LogP contribution in [0.4, 0.5) is 5.69 Å². The number of benzene rings is 2. The first-order valence-electron chi connectivity index (χ1n) is 9.52. The molecule has 2 aliphatic heterocycles. The number of β-amino-alcohol motifs (C(OH)–C–C–N with tert-alkyl or cyclic N) is 1. The molecule has 1 N–H and O–H groups in total. The molecule has 1 unspecified atom stereocenters. The smallest absolute Gasteiger partial charge is 0.271 e. The van der Waals surface area contributed by atoms with Crippen LogP contribution in [0.2, 0.25) is 0 Å². The molecule has 0 radical (unpaired) electrons. The van der Waals surface area contributed by atoms with Crippen molar-refractivity contribution in [3.63, 3.8) is 0 Å². The Morgan fingerprint density at radius 2 is 1.81 bits per heavy atom. The average molecular weight is 351 g/mol. The summed E-state index contributed by atoms with van der Waals surface area (Å²) in [6.07, 6.45) is 4.34. The van der Waals surface area contributed by atoms with Crippen molar-refractivity contribution >= 4 is 11.5 Å². The summed E-state index contributed by atoms with van der Waals surface area (Å²) in [7, 11) is 1.66. The monoisotopic (exact) mass is 351 g/mol. The van der Waals surface area contributed by atoms with Gasteiger partial charge < -0.3 is 9.84 Å². The Labute approximate surface area is 155 Å². The van der Waals surface area contributed by atoms with Crippen LogP contribution >= 0.6 is 0 Å². The van der Waals surface area contributed by atoms with Crippen molar-refractivity contribution < 1.29 is 14.4 Å². The van der Waals surface area contributed by atoms with Crippen LogP contribution in [-0.4, -0.2) is 35.7 Å². The van der Waals surface area contributed by atoms with E-state index in [9.17, 15) is 5.11 Å². The number of ether oxygens (including phenoxy) is 1. The van der Waals surface area contributed by atoms with Gasteiger partial charge in [0.2, 0.25) is 0 Å². The van der Waals surface area contributed by atoms with Gasteiger partial charge in [0.05, 0.1) is 13.7 Å². The zero-order chi connectivity index (χ0) is 18.1. The Morgan fingerprint density at radius 3 is 2.46 bits per heavy atom. The Balaban J connectivity index is 1.73. The van der Waals surface area contributed by atoms with Gasteiger partial charge in [-0.3, -0.25) is 0 Å². The molecule has 4 nitrogen and oxygen atoms in total. The van der Waals surface area contributed by atoms with Gasteiger partial charge in [-0.2, -0.15) is 0 Å². The zero-order valence-electron chi connectivity index (χ0n) is 15.6. The first kappa shape index (κ1) is 17.1. The predicted molar refractivity (Wildman–Crippen MR) is 104 cm³/mol. The van der Waals surface area contributed by atoms with Crippen LogP contribution in [0.15, 0.2) is 48.5 Å². The Bertz CT molecular complexity index is 811. The fourth-order valence-electron chi connectivity index (χ4n) is 4.15. The van der Waals surface area contributed by atoms with E-state index in [-0.39, 0.29) is 0 Å². The molecule has 0 aliphatic carbocycles. The van der Waals surface area contributed by atoms with Gasteiger partial charge in [0.15, 0.2) is 6.54 Å². The van der Waals surface area contributed by atoms with E-state index in [1.54, 1.807) is 7.11 Å². The van der Waals surface area contributed by atoms with Crippen LogP contribution in [0.5, 0.6) is 5.75 Å². The molecule has 0 amide bonds. The number of rotatable bonds is 4. The van der Waals surface area contributed by atoms with Gasteiger partial charge in [0.25, 0.3) is 11.6 Å². The minimum atomic E-state index is -0.995. The summed E-state index contributed by atoms with van der Waals surface area (Å²) in [6, 6.07) is 16.5. The minimum Gasteiger partial charge on any atom is -0.497 e. The molecular weight excluding hydrogens is 324 g/mol. The summed E-state index contributed by atoms with van der Waals surface area (Å²) in [6.45, 7) is 3.62. The van der Waals surface area contributed by atoms with Gasteiger partial charge in [-0.05, 0) is 61.2 Å². The highest BCUT2D eigenvalue weighted by molar-refractivity contribution is 5.96.